The van der Waals surface area contributed by atoms with Crippen LogP contribution in [0.2, 0.25) is 0 Å². The van der Waals surface area contributed by atoms with Crippen molar-refractivity contribution in [1.29, 1.82) is 0 Å². The molecule has 0 spiro atoms. The van der Waals surface area contributed by atoms with Crippen molar-refractivity contribution in [3.8, 4) is 0 Å². The average molecular weight is 317 g/mol. The monoisotopic (exact) mass is 317 g/mol. The predicted molar refractivity (Wildman–Crippen MR) is 78.6 cm³/mol. The van der Waals surface area contributed by atoms with E-state index < -0.39 is 18.6 Å². The van der Waals surface area contributed by atoms with Gasteiger partial charge in [0.2, 0.25) is 5.91 Å². The van der Waals surface area contributed by atoms with Gasteiger partial charge in [0.05, 0.1) is 11.6 Å². The first-order chi connectivity index (χ1) is 10.0. The second-order valence-corrected chi connectivity index (χ2v) is 5.58. The fraction of sp³-hybridized carbons (Fsp3) is 0.600. The number of nitrogens with one attached hydrogen (secondary N) is 1. The van der Waals surface area contributed by atoms with Gasteiger partial charge >= 0.3 is 6.18 Å². The third-order valence-corrected chi connectivity index (χ3v) is 3.44. The fourth-order valence-corrected chi connectivity index (χ4v) is 2.34. The molecule has 0 saturated carbocycles. The normalized spacial score (nSPS) is 13.0. The number of aromatic nitrogens is 2. The minimum absolute atomic E-state index is 0.223. The number of rotatable bonds is 6. The Labute approximate surface area is 128 Å². The van der Waals surface area contributed by atoms with Crippen molar-refractivity contribution in [3.05, 3.63) is 29.1 Å². The highest BCUT2D eigenvalue weighted by atomic mass is 19.4. The zero-order chi connectivity index (χ0) is 17.1. The van der Waals surface area contributed by atoms with Crippen molar-refractivity contribution < 1.29 is 18.0 Å². The molecule has 7 heteroatoms. The number of hydrogen-bond donors (Lipinski definition) is 1. The number of aryl methyl sites for hydroxylation is 1. The van der Waals surface area contributed by atoms with Gasteiger partial charge in [-0.15, -0.1) is 6.58 Å². The molecule has 1 aromatic heterocycles. The molecule has 0 aliphatic carbocycles. The van der Waals surface area contributed by atoms with Crippen LogP contribution in [0, 0.1) is 13.8 Å². The highest BCUT2D eigenvalue weighted by Crippen LogP contribution is 2.26. The van der Waals surface area contributed by atoms with Gasteiger partial charge in [0.1, 0.15) is 6.54 Å². The molecule has 22 heavy (non-hydrogen) atoms. The Balaban J connectivity index is 2.87. The van der Waals surface area contributed by atoms with Crippen molar-refractivity contribution in [3.63, 3.8) is 0 Å². The summed E-state index contributed by atoms with van der Waals surface area (Å²) in [6.07, 6.45) is -3.67. The number of nitrogens with zero attached hydrogens (tertiary/aromatic N) is 2. The van der Waals surface area contributed by atoms with Gasteiger partial charge in [-0.2, -0.15) is 18.3 Å². The van der Waals surface area contributed by atoms with Gasteiger partial charge < -0.3 is 5.32 Å². The van der Waals surface area contributed by atoms with Gasteiger partial charge in [0.15, 0.2) is 0 Å². The van der Waals surface area contributed by atoms with Crippen LogP contribution >= 0.6 is 0 Å². The second kappa shape index (κ2) is 6.98. The van der Waals surface area contributed by atoms with Gasteiger partial charge in [-0.05, 0) is 34.1 Å². The molecule has 124 valence electrons. The van der Waals surface area contributed by atoms with Crippen molar-refractivity contribution in [2.24, 2.45) is 0 Å². The van der Waals surface area contributed by atoms with Crippen LogP contribution < -0.4 is 5.32 Å². The molecule has 0 bridgehead atoms. The Morgan fingerprint density at radius 3 is 2.50 bits per heavy atom. The molecule has 1 heterocycles. The van der Waals surface area contributed by atoms with Crippen LogP contribution in [0.1, 0.15) is 43.1 Å². The van der Waals surface area contributed by atoms with Crippen molar-refractivity contribution >= 4 is 5.91 Å². The van der Waals surface area contributed by atoms with Crippen molar-refractivity contribution in [2.45, 2.75) is 52.8 Å². The van der Waals surface area contributed by atoms with Crippen LogP contribution in [0.3, 0.4) is 0 Å². The lowest BCUT2D eigenvalue weighted by molar-refractivity contribution is -0.143. The van der Waals surface area contributed by atoms with Gasteiger partial charge in [-0.3, -0.25) is 9.48 Å². The molecule has 4 nitrogen and oxygen atoms in total. The van der Waals surface area contributed by atoms with Gasteiger partial charge in [0, 0.05) is 17.8 Å². The molecule has 0 aromatic carbocycles. The van der Waals surface area contributed by atoms with E-state index in [-0.39, 0.29) is 5.91 Å². The molecular formula is C15H22F3N3O. The topological polar surface area (TPSA) is 46.9 Å². The highest BCUT2D eigenvalue weighted by molar-refractivity contribution is 5.83. The SMILES string of the molecule is C=C(C)CCNC(=O)C(C)c1c(C)nn(CC(F)(F)F)c1C. The van der Waals surface area contributed by atoms with E-state index >= 15 is 0 Å². The van der Waals surface area contributed by atoms with Crippen LogP contribution in [0.4, 0.5) is 13.2 Å². The van der Waals surface area contributed by atoms with E-state index in [1.54, 1.807) is 20.8 Å². The third kappa shape index (κ3) is 4.89. The summed E-state index contributed by atoms with van der Waals surface area (Å²) in [7, 11) is 0. The lowest BCUT2D eigenvalue weighted by atomic mass is 9.98. The Morgan fingerprint density at radius 2 is 2.00 bits per heavy atom. The maximum absolute atomic E-state index is 12.5. The third-order valence-electron chi connectivity index (χ3n) is 3.44. The first-order valence-electron chi connectivity index (χ1n) is 7.05. The highest BCUT2D eigenvalue weighted by Gasteiger charge is 2.31. The number of halogens is 3. The van der Waals surface area contributed by atoms with E-state index in [1.165, 1.54) is 0 Å². The van der Waals surface area contributed by atoms with E-state index in [2.05, 4.69) is 17.0 Å². The minimum Gasteiger partial charge on any atom is -0.355 e. The van der Waals surface area contributed by atoms with Crippen molar-refractivity contribution in [2.75, 3.05) is 6.54 Å². The summed E-state index contributed by atoms with van der Waals surface area (Å²) in [6.45, 7) is 9.78. The molecule has 1 amide bonds. The van der Waals surface area contributed by atoms with E-state index in [1.807, 2.05) is 6.92 Å². The van der Waals surface area contributed by atoms with E-state index in [9.17, 15) is 18.0 Å². The molecule has 0 aliphatic heterocycles. The second-order valence-electron chi connectivity index (χ2n) is 5.58. The molecule has 0 fully saturated rings. The summed E-state index contributed by atoms with van der Waals surface area (Å²) in [6, 6.07) is 0. The van der Waals surface area contributed by atoms with Crippen LogP contribution in [0.25, 0.3) is 0 Å². The summed E-state index contributed by atoms with van der Waals surface area (Å²) >= 11 is 0. The van der Waals surface area contributed by atoms with Crippen LogP contribution in [0.15, 0.2) is 12.2 Å². The zero-order valence-electron chi connectivity index (χ0n) is 13.3. The van der Waals surface area contributed by atoms with Crippen molar-refractivity contribution in [1.82, 2.24) is 15.1 Å². The van der Waals surface area contributed by atoms with Crippen LogP contribution in [0.5, 0.6) is 0 Å². The minimum atomic E-state index is -4.34. The lowest BCUT2D eigenvalue weighted by Crippen LogP contribution is -2.29. The van der Waals surface area contributed by atoms with E-state index in [0.717, 1.165) is 10.3 Å². The molecule has 1 rings (SSSR count). The smallest absolute Gasteiger partial charge is 0.355 e. The lowest BCUT2D eigenvalue weighted by Gasteiger charge is -2.14. The summed E-state index contributed by atoms with van der Waals surface area (Å²) in [5.41, 5.74) is 2.33. The molecule has 0 radical (unpaired) electrons. The molecule has 1 unspecified atom stereocenters. The molecule has 0 saturated heterocycles. The first kappa shape index (κ1) is 18.3. The summed E-state index contributed by atoms with van der Waals surface area (Å²) in [5, 5.41) is 6.68. The fourth-order valence-electron chi connectivity index (χ4n) is 2.34. The molecule has 1 aromatic rings. The predicted octanol–water partition coefficient (Wildman–Crippen LogP) is 3.25. The van der Waals surface area contributed by atoms with Gasteiger partial charge in [-0.25, -0.2) is 0 Å². The van der Waals surface area contributed by atoms with E-state index in [4.69, 9.17) is 0 Å². The number of amides is 1. The number of hydrogen-bond acceptors (Lipinski definition) is 2. The van der Waals surface area contributed by atoms with Crippen LogP contribution in [-0.4, -0.2) is 28.4 Å². The maximum atomic E-state index is 12.5. The Bertz CT molecular complexity index is 561. The Kier molecular flexibility index (Phi) is 5.79. The first-order valence-corrected chi connectivity index (χ1v) is 7.05. The largest absolute Gasteiger partial charge is 0.408 e. The van der Waals surface area contributed by atoms with Crippen LogP contribution in [-0.2, 0) is 11.3 Å². The molecule has 1 N–H and O–H groups in total. The summed E-state index contributed by atoms with van der Waals surface area (Å²) < 4.78 is 38.5. The maximum Gasteiger partial charge on any atom is 0.408 e. The molecule has 1 atom stereocenters. The molecular weight excluding hydrogens is 295 g/mol. The Morgan fingerprint density at radius 1 is 1.41 bits per heavy atom. The zero-order valence-corrected chi connectivity index (χ0v) is 13.3. The summed E-state index contributed by atoms with van der Waals surface area (Å²) in [4.78, 5) is 12.1. The average Bonchev–Trinajstić information content (AvgIpc) is 2.60. The quantitative estimate of drug-likeness (QED) is 0.819. The Hall–Kier alpha value is -1.79. The molecule has 0 aliphatic rings. The number of alkyl halides is 3. The van der Waals surface area contributed by atoms with Gasteiger partial charge in [0.25, 0.3) is 0 Å². The summed E-state index contributed by atoms with van der Waals surface area (Å²) in [5.74, 6) is -0.772. The number of carbonyl (C=O) groups is 1. The van der Waals surface area contributed by atoms with Gasteiger partial charge in [-0.1, -0.05) is 5.57 Å². The van der Waals surface area contributed by atoms with E-state index in [0.29, 0.717) is 29.9 Å². The standard InChI is InChI=1S/C15H22F3N3O/c1-9(2)6-7-19-14(22)10(3)13-11(4)20-21(12(13)5)8-15(16,17)18/h10H,1,6-8H2,2-5H3,(H,19,22). The number of carbonyl (C=O) groups excluding carboxylic acids is 1.